The molecule has 0 bridgehead atoms. The molecule has 0 aliphatic heterocycles. The molecule has 2 heteroatoms. The van der Waals surface area contributed by atoms with Gasteiger partial charge in [0.25, 0.3) is 0 Å². The summed E-state index contributed by atoms with van der Waals surface area (Å²) in [5.74, 6) is 0.575. The largest absolute Gasteiger partial charge is 0.330 e. The van der Waals surface area contributed by atoms with Gasteiger partial charge in [0.2, 0.25) is 0 Å². The van der Waals surface area contributed by atoms with Crippen LogP contribution < -0.4 is 5.73 Å². The summed E-state index contributed by atoms with van der Waals surface area (Å²) in [6.45, 7) is 9.65. The van der Waals surface area contributed by atoms with Gasteiger partial charge >= 0.3 is 0 Å². The van der Waals surface area contributed by atoms with Crippen molar-refractivity contribution in [1.29, 1.82) is 0 Å². The SMILES string of the molecule is Cc1cc(C)c(C(C(C)CCN)N(C)C)cc1C. The number of hydrogen-bond acceptors (Lipinski definition) is 2. The van der Waals surface area contributed by atoms with Crippen LogP contribution in [0.2, 0.25) is 0 Å². The summed E-state index contributed by atoms with van der Waals surface area (Å²) in [5.41, 5.74) is 11.3. The van der Waals surface area contributed by atoms with E-state index in [1.165, 1.54) is 22.3 Å². The van der Waals surface area contributed by atoms with Crippen molar-refractivity contribution in [2.75, 3.05) is 20.6 Å². The van der Waals surface area contributed by atoms with E-state index in [1.54, 1.807) is 0 Å². The lowest BCUT2D eigenvalue weighted by Crippen LogP contribution is -2.28. The fourth-order valence-electron chi connectivity index (χ4n) is 2.82. The molecule has 0 aliphatic rings. The summed E-state index contributed by atoms with van der Waals surface area (Å²) in [6, 6.07) is 5.10. The molecule has 0 spiro atoms. The second-order valence-electron chi connectivity index (χ2n) is 5.76. The van der Waals surface area contributed by atoms with Crippen molar-refractivity contribution in [3.63, 3.8) is 0 Å². The minimum absolute atomic E-state index is 0.452. The number of rotatable bonds is 5. The Labute approximate surface area is 112 Å². The smallest absolute Gasteiger partial charge is 0.0370 e. The molecule has 18 heavy (non-hydrogen) atoms. The molecule has 0 radical (unpaired) electrons. The predicted molar refractivity (Wildman–Crippen MR) is 79.9 cm³/mol. The topological polar surface area (TPSA) is 29.3 Å². The van der Waals surface area contributed by atoms with Crippen molar-refractivity contribution >= 4 is 0 Å². The van der Waals surface area contributed by atoms with Crippen LogP contribution in [0.4, 0.5) is 0 Å². The molecule has 2 atom stereocenters. The van der Waals surface area contributed by atoms with E-state index in [2.05, 4.69) is 58.8 Å². The van der Waals surface area contributed by atoms with Crippen LogP contribution in [0, 0.1) is 26.7 Å². The molecule has 0 heterocycles. The van der Waals surface area contributed by atoms with Crippen LogP contribution in [0.1, 0.15) is 41.6 Å². The van der Waals surface area contributed by atoms with Gasteiger partial charge in [-0.2, -0.15) is 0 Å². The Bertz CT molecular complexity index is 396. The number of nitrogens with two attached hydrogens (primary N) is 1. The highest BCUT2D eigenvalue weighted by molar-refractivity contribution is 5.38. The fraction of sp³-hybridized carbons (Fsp3) is 0.625. The lowest BCUT2D eigenvalue weighted by atomic mass is 9.86. The van der Waals surface area contributed by atoms with Crippen LogP contribution in [0.15, 0.2) is 12.1 Å². The van der Waals surface area contributed by atoms with Gasteiger partial charge in [0.1, 0.15) is 0 Å². The first-order chi connectivity index (χ1) is 8.38. The molecule has 0 amide bonds. The van der Waals surface area contributed by atoms with Crippen LogP contribution in [0.25, 0.3) is 0 Å². The maximum absolute atomic E-state index is 5.72. The Kier molecular flexibility index (Phi) is 5.36. The van der Waals surface area contributed by atoms with Gasteiger partial charge < -0.3 is 10.6 Å². The Morgan fingerprint density at radius 2 is 1.61 bits per heavy atom. The van der Waals surface area contributed by atoms with Crippen LogP contribution in [0.5, 0.6) is 0 Å². The molecule has 2 nitrogen and oxygen atoms in total. The first-order valence-electron chi connectivity index (χ1n) is 6.82. The molecule has 0 fully saturated rings. The van der Waals surface area contributed by atoms with E-state index in [1.807, 2.05) is 0 Å². The Morgan fingerprint density at radius 3 is 2.11 bits per heavy atom. The van der Waals surface area contributed by atoms with Crippen molar-refractivity contribution in [2.45, 2.75) is 40.2 Å². The second-order valence-corrected chi connectivity index (χ2v) is 5.76. The minimum Gasteiger partial charge on any atom is -0.330 e. The first kappa shape index (κ1) is 15.2. The van der Waals surface area contributed by atoms with E-state index in [0.29, 0.717) is 12.0 Å². The van der Waals surface area contributed by atoms with Crippen molar-refractivity contribution in [2.24, 2.45) is 11.7 Å². The van der Waals surface area contributed by atoms with E-state index >= 15 is 0 Å². The maximum atomic E-state index is 5.72. The third-order valence-corrected chi connectivity index (χ3v) is 3.92. The first-order valence-corrected chi connectivity index (χ1v) is 6.82. The molecule has 1 aromatic carbocycles. The van der Waals surface area contributed by atoms with Crippen LogP contribution >= 0.6 is 0 Å². The van der Waals surface area contributed by atoms with E-state index in [0.717, 1.165) is 13.0 Å². The zero-order chi connectivity index (χ0) is 13.9. The zero-order valence-corrected chi connectivity index (χ0v) is 12.7. The monoisotopic (exact) mass is 248 g/mol. The van der Waals surface area contributed by atoms with Gasteiger partial charge in [-0.25, -0.2) is 0 Å². The summed E-state index contributed by atoms with van der Waals surface area (Å²) >= 11 is 0. The van der Waals surface area contributed by atoms with Gasteiger partial charge in [-0.1, -0.05) is 19.1 Å². The highest BCUT2D eigenvalue weighted by atomic mass is 15.1. The molecule has 0 aliphatic carbocycles. The van der Waals surface area contributed by atoms with Crippen molar-refractivity contribution in [1.82, 2.24) is 4.90 Å². The molecule has 2 N–H and O–H groups in total. The van der Waals surface area contributed by atoms with Gasteiger partial charge in [0.15, 0.2) is 0 Å². The Morgan fingerprint density at radius 1 is 1.06 bits per heavy atom. The van der Waals surface area contributed by atoms with Crippen LogP contribution in [0.3, 0.4) is 0 Å². The third-order valence-electron chi connectivity index (χ3n) is 3.92. The molecule has 2 unspecified atom stereocenters. The highest BCUT2D eigenvalue weighted by Gasteiger charge is 2.22. The normalized spacial score (nSPS) is 14.9. The van der Waals surface area contributed by atoms with Gasteiger partial charge in [0, 0.05) is 6.04 Å². The van der Waals surface area contributed by atoms with Gasteiger partial charge in [-0.15, -0.1) is 0 Å². The van der Waals surface area contributed by atoms with Crippen LogP contribution in [-0.2, 0) is 0 Å². The molecular weight excluding hydrogens is 220 g/mol. The Hall–Kier alpha value is -0.860. The lowest BCUT2D eigenvalue weighted by molar-refractivity contribution is 0.216. The summed E-state index contributed by atoms with van der Waals surface area (Å²) in [5, 5.41) is 0. The standard InChI is InChI=1S/C16H28N2/c1-11(7-8-17)16(18(5)6)15-10-13(3)12(2)9-14(15)4/h9-11,16H,7-8,17H2,1-6H3. The average molecular weight is 248 g/mol. The molecule has 102 valence electrons. The second kappa shape index (κ2) is 6.35. The van der Waals surface area contributed by atoms with E-state index < -0.39 is 0 Å². The number of aryl methyl sites for hydroxylation is 3. The van der Waals surface area contributed by atoms with Gasteiger partial charge in [0.05, 0.1) is 0 Å². The summed E-state index contributed by atoms with van der Waals surface area (Å²) < 4.78 is 0. The highest BCUT2D eigenvalue weighted by Crippen LogP contribution is 2.32. The molecule has 0 saturated carbocycles. The van der Waals surface area contributed by atoms with Crippen molar-refractivity contribution in [3.05, 3.63) is 34.4 Å². The van der Waals surface area contributed by atoms with Gasteiger partial charge in [-0.05, 0) is 76.0 Å². The quantitative estimate of drug-likeness (QED) is 0.867. The molecule has 1 aromatic rings. The molecule has 0 aromatic heterocycles. The number of hydrogen-bond donors (Lipinski definition) is 1. The summed E-state index contributed by atoms with van der Waals surface area (Å²) in [6.07, 6.45) is 1.06. The lowest BCUT2D eigenvalue weighted by Gasteiger charge is -2.32. The number of benzene rings is 1. The number of nitrogens with zero attached hydrogens (tertiary/aromatic N) is 1. The predicted octanol–water partition coefficient (Wildman–Crippen LogP) is 3.20. The van der Waals surface area contributed by atoms with E-state index in [9.17, 15) is 0 Å². The third kappa shape index (κ3) is 3.33. The molecule has 1 rings (SSSR count). The van der Waals surface area contributed by atoms with Crippen molar-refractivity contribution < 1.29 is 0 Å². The van der Waals surface area contributed by atoms with E-state index in [4.69, 9.17) is 5.73 Å². The maximum Gasteiger partial charge on any atom is 0.0370 e. The van der Waals surface area contributed by atoms with Gasteiger partial charge in [-0.3, -0.25) is 0 Å². The minimum atomic E-state index is 0.452. The van der Waals surface area contributed by atoms with Crippen molar-refractivity contribution in [3.8, 4) is 0 Å². The van der Waals surface area contributed by atoms with Crippen LogP contribution in [-0.4, -0.2) is 25.5 Å². The fourth-order valence-corrected chi connectivity index (χ4v) is 2.82. The van der Waals surface area contributed by atoms with E-state index in [-0.39, 0.29) is 0 Å². The summed E-state index contributed by atoms with van der Waals surface area (Å²) in [7, 11) is 4.32. The average Bonchev–Trinajstić information content (AvgIpc) is 2.25. The molecule has 0 saturated heterocycles. The Balaban J connectivity index is 3.17. The molecular formula is C16H28N2. The zero-order valence-electron chi connectivity index (χ0n) is 12.7. The summed E-state index contributed by atoms with van der Waals surface area (Å²) in [4.78, 5) is 2.32.